The van der Waals surface area contributed by atoms with Crippen LogP contribution in [0, 0.1) is 5.82 Å². The Hall–Kier alpha value is -3.15. The van der Waals surface area contributed by atoms with Crippen molar-refractivity contribution in [2.75, 3.05) is 5.32 Å². The zero-order chi connectivity index (χ0) is 16.1. The number of nitrogens with one attached hydrogen (secondary N) is 1. The lowest BCUT2D eigenvalue weighted by Crippen LogP contribution is -2.16. The Kier molecular flexibility index (Phi) is 4.33. The van der Waals surface area contributed by atoms with Crippen LogP contribution in [0.3, 0.4) is 0 Å². The summed E-state index contributed by atoms with van der Waals surface area (Å²) in [6.45, 7) is 0.482. The highest BCUT2D eigenvalue weighted by molar-refractivity contribution is 5.85. The second-order valence-corrected chi connectivity index (χ2v) is 4.88. The Morgan fingerprint density at radius 1 is 1.13 bits per heavy atom. The summed E-state index contributed by atoms with van der Waals surface area (Å²) < 4.78 is 19.6. The summed E-state index contributed by atoms with van der Waals surface area (Å²) in [7, 11) is 0. The number of carbonyl (C=O) groups is 1. The highest BCUT2D eigenvalue weighted by atomic mass is 19.1. The lowest BCUT2D eigenvalue weighted by Gasteiger charge is -2.04. The van der Waals surface area contributed by atoms with Crippen molar-refractivity contribution in [1.82, 2.24) is 9.78 Å². The molecule has 1 amide bonds. The van der Waals surface area contributed by atoms with E-state index in [1.54, 1.807) is 47.3 Å². The Labute approximate surface area is 132 Å². The predicted molar refractivity (Wildman–Crippen MR) is 83.8 cm³/mol. The van der Waals surface area contributed by atoms with E-state index in [4.69, 9.17) is 4.74 Å². The topological polar surface area (TPSA) is 56.2 Å². The van der Waals surface area contributed by atoms with Crippen LogP contribution in [-0.4, -0.2) is 15.9 Å². The van der Waals surface area contributed by atoms with E-state index in [0.29, 0.717) is 18.0 Å². The lowest BCUT2D eigenvalue weighted by molar-refractivity contribution is 0.215. The predicted octanol–water partition coefficient (Wildman–Crippen LogP) is 3.68. The van der Waals surface area contributed by atoms with E-state index in [0.717, 1.165) is 5.56 Å². The van der Waals surface area contributed by atoms with Crippen LogP contribution in [0.5, 0.6) is 5.75 Å². The Bertz CT molecular complexity index is 785. The van der Waals surface area contributed by atoms with Gasteiger partial charge in [-0.15, -0.1) is 0 Å². The number of anilines is 1. The van der Waals surface area contributed by atoms with Gasteiger partial charge in [-0.1, -0.05) is 30.3 Å². The van der Waals surface area contributed by atoms with Gasteiger partial charge in [0.2, 0.25) is 0 Å². The number of hydrogen-bond donors (Lipinski definition) is 1. The van der Waals surface area contributed by atoms with E-state index in [2.05, 4.69) is 10.4 Å². The lowest BCUT2D eigenvalue weighted by atomic mass is 10.2. The molecule has 116 valence electrons. The van der Waals surface area contributed by atoms with Gasteiger partial charge < -0.3 is 4.74 Å². The normalized spacial score (nSPS) is 10.3. The molecule has 1 aromatic heterocycles. The first-order valence-corrected chi connectivity index (χ1v) is 7.00. The molecule has 0 saturated carbocycles. The number of benzene rings is 2. The van der Waals surface area contributed by atoms with E-state index in [-0.39, 0.29) is 5.82 Å². The minimum absolute atomic E-state index is 0.278. The summed E-state index contributed by atoms with van der Waals surface area (Å²) in [5.74, 6) is 0.184. The third-order valence-corrected chi connectivity index (χ3v) is 3.09. The molecule has 1 heterocycles. The fourth-order valence-electron chi connectivity index (χ4n) is 2.03. The molecule has 3 aromatic rings. The molecule has 0 aliphatic carbocycles. The molecule has 0 radical (unpaired) electrons. The van der Waals surface area contributed by atoms with Crippen LogP contribution in [-0.2, 0) is 6.54 Å². The van der Waals surface area contributed by atoms with Gasteiger partial charge in [-0.2, -0.15) is 5.10 Å². The Balaban J connectivity index is 1.58. The zero-order valence-corrected chi connectivity index (χ0v) is 12.1. The standard InChI is InChI=1S/C17H14FN3O2/c18-14-8-6-13(7-9-14)11-21-12-15(10-19-21)20-17(22)23-16-4-2-1-3-5-16/h1-10,12H,11H2,(H,20,22). The number of hydrogen-bond acceptors (Lipinski definition) is 3. The van der Waals surface area contributed by atoms with Crippen LogP contribution < -0.4 is 10.1 Å². The van der Waals surface area contributed by atoms with Gasteiger partial charge in [0.05, 0.1) is 18.4 Å². The molecule has 0 unspecified atom stereocenters. The van der Waals surface area contributed by atoms with Gasteiger partial charge in [-0.25, -0.2) is 9.18 Å². The van der Waals surface area contributed by atoms with Crippen LogP contribution >= 0.6 is 0 Å². The van der Waals surface area contributed by atoms with Crippen LogP contribution in [0.1, 0.15) is 5.56 Å². The first kappa shape index (κ1) is 14.8. The SMILES string of the molecule is O=C(Nc1cnn(Cc2ccc(F)cc2)c1)Oc1ccccc1. The minimum Gasteiger partial charge on any atom is -0.410 e. The molecular weight excluding hydrogens is 297 g/mol. The largest absolute Gasteiger partial charge is 0.417 e. The molecular formula is C17H14FN3O2. The van der Waals surface area contributed by atoms with E-state index >= 15 is 0 Å². The monoisotopic (exact) mass is 311 g/mol. The maximum atomic E-state index is 12.9. The molecule has 3 rings (SSSR count). The molecule has 0 bridgehead atoms. The van der Waals surface area contributed by atoms with Crippen LogP contribution in [0.2, 0.25) is 0 Å². The van der Waals surface area contributed by atoms with Gasteiger partial charge in [0.15, 0.2) is 0 Å². The average Bonchev–Trinajstić information content (AvgIpc) is 2.97. The van der Waals surface area contributed by atoms with E-state index in [1.165, 1.54) is 18.3 Å². The number of nitrogens with zero attached hydrogens (tertiary/aromatic N) is 2. The Morgan fingerprint density at radius 3 is 2.61 bits per heavy atom. The van der Waals surface area contributed by atoms with Crippen molar-refractivity contribution in [2.45, 2.75) is 6.54 Å². The first-order chi connectivity index (χ1) is 11.2. The van der Waals surface area contributed by atoms with Crippen LogP contribution in [0.25, 0.3) is 0 Å². The molecule has 0 saturated heterocycles. The van der Waals surface area contributed by atoms with Gasteiger partial charge in [0, 0.05) is 6.20 Å². The van der Waals surface area contributed by atoms with Crippen molar-refractivity contribution in [1.29, 1.82) is 0 Å². The molecule has 23 heavy (non-hydrogen) atoms. The molecule has 0 fully saturated rings. The zero-order valence-electron chi connectivity index (χ0n) is 12.1. The number of amides is 1. The summed E-state index contributed by atoms with van der Waals surface area (Å²) in [4.78, 5) is 11.8. The quantitative estimate of drug-likeness (QED) is 0.799. The summed E-state index contributed by atoms with van der Waals surface area (Å²) >= 11 is 0. The average molecular weight is 311 g/mol. The fourth-order valence-corrected chi connectivity index (χ4v) is 2.03. The van der Waals surface area contributed by atoms with Crippen molar-refractivity contribution in [2.24, 2.45) is 0 Å². The van der Waals surface area contributed by atoms with Gasteiger partial charge >= 0.3 is 6.09 Å². The van der Waals surface area contributed by atoms with Gasteiger partial charge in [-0.3, -0.25) is 10.00 Å². The molecule has 0 aliphatic rings. The number of carbonyl (C=O) groups excluding carboxylic acids is 1. The third-order valence-electron chi connectivity index (χ3n) is 3.09. The highest BCUT2D eigenvalue weighted by Gasteiger charge is 2.07. The fraction of sp³-hybridized carbons (Fsp3) is 0.0588. The molecule has 5 nitrogen and oxygen atoms in total. The van der Waals surface area contributed by atoms with E-state index in [9.17, 15) is 9.18 Å². The van der Waals surface area contributed by atoms with Crippen molar-refractivity contribution < 1.29 is 13.9 Å². The van der Waals surface area contributed by atoms with Crippen molar-refractivity contribution in [3.05, 3.63) is 78.4 Å². The second kappa shape index (κ2) is 6.74. The minimum atomic E-state index is -0.586. The highest BCUT2D eigenvalue weighted by Crippen LogP contribution is 2.12. The molecule has 6 heteroatoms. The number of ether oxygens (including phenoxy) is 1. The van der Waals surface area contributed by atoms with E-state index < -0.39 is 6.09 Å². The number of para-hydroxylation sites is 1. The molecule has 0 aliphatic heterocycles. The van der Waals surface area contributed by atoms with Crippen LogP contribution in [0.4, 0.5) is 14.9 Å². The van der Waals surface area contributed by atoms with Gasteiger partial charge in [0.1, 0.15) is 11.6 Å². The summed E-state index contributed by atoms with van der Waals surface area (Å²) in [5.41, 5.74) is 1.43. The number of aromatic nitrogens is 2. The summed E-state index contributed by atoms with van der Waals surface area (Å²) in [5, 5.41) is 6.75. The number of halogens is 1. The number of rotatable bonds is 4. The maximum Gasteiger partial charge on any atom is 0.417 e. The van der Waals surface area contributed by atoms with Crippen LogP contribution in [0.15, 0.2) is 67.0 Å². The van der Waals surface area contributed by atoms with Crippen molar-refractivity contribution in [3.8, 4) is 5.75 Å². The third kappa shape index (κ3) is 4.16. The molecule has 1 N–H and O–H groups in total. The smallest absolute Gasteiger partial charge is 0.410 e. The Morgan fingerprint density at radius 2 is 1.87 bits per heavy atom. The summed E-state index contributed by atoms with van der Waals surface area (Å²) in [6, 6.07) is 15.0. The maximum absolute atomic E-state index is 12.9. The van der Waals surface area contributed by atoms with Gasteiger partial charge in [-0.05, 0) is 29.8 Å². The summed E-state index contributed by atoms with van der Waals surface area (Å²) in [6.07, 6.45) is 2.61. The first-order valence-electron chi connectivity index (χ1n) is 7.00. The van der Waals surface area contributed by atoms with Gasteiger partial charge in [0.25, 0.3) is 0 Å². The van der Waals surface area contributed by atoms with Crippen molar-refractivity contribution >= 4 is 11.8 Å². The molecule has 0 atom stereocenters. The molecule has 2 aromatic carbocycles. The molecule has 0 spiro atoms. The second-order valence-electron chi connectivity index (χ2n) is 4.88. The van der Waals surface area contributed by atoms with E-state index in [1.807, 2.05) is 6.07 Å². The van der Waals surface area contributed by atoms with Crippen molar-refractivity contribution in [3.63, 3.8) is 0 Å².